The van der Waals surface area contributed by atoms with Crippen molar-refractivity contribution in [1.29, 1.82) is 0 Å². The Bertz CT molecular complexity index is 826. The molecule has 0 aliphatic heterocycles. The first-order valence-corrected chi connectivity index (χ1v) is 8.20. The van der Waals surface area contributed by atoms with Crippen LogP contribution in [-0.2, 0) is 11.3 Å². The van der Waals surface area contributed by atoms with Crippen molar-refractivity contribution in [3.05, 3.63) is 78.4 Å². The standard InChI is InChI=1S/C20H21N3O2/c1-15-4-3-5-19(12-15)25-16(2)20(24)22-13-17-6-8-18(9-7-17)23-11-10-21-14-23/h3-12,14,16H,13H2,1-2H3,(H,22,24)/t16-/m1/s1. The lowest BCUT2D eigenvalue weighted by Crippen LogP contribution is -2.35. The first-order chi connectivity index (χ1) is 12.1. The number of rotatable bonds is 6. The van der Waals surface area contributed by atoms with Crippen molar-refractivity contribution in [2.75, 3.05) is 0 Å². The van der Waals surface area contributed by atoms with Crippen LogP contribution in [-0.4, -0.2) is 21.6 Å². The largest absolute Gasteiger partial charge is 0.481 e. The van der Waals surface area contributed by atoms with Gasteiger partial charge in [-0.2, -0.15) is 0 Å². The molecule has 2 aromatic carbocycles. The van der Waals surface area contributed by atoms with Crippen LogP contribution in [0.1, 0.15) is 18.1 Å². The minimum Gasteiger partial charge on any atom is -0.481 e. The minimum atomic E-state index is -0.549. The van der Waals surface area contributed by atoms with Gasteiger partial charge in [-0.15, -0.1) is 0 Å². The number of hydrogen-bond acceptors (Lipinski definition) is 3. The molecule has 1 heterocycles. The Morgan fingerprint density at radius 3 is 2.72 bits per heavy atom. The van der Waals surface area contributed by atoms with Crippen LogP contribution in [0.15, 0.2) is 67.3 Å². The SMILES string of the molecule is Cc1cccc(O[C@H](C)C(=O)NCc2ccc(-n3ccnc3)cc2)c1. The van der Waals surface area contributed by atoms with Crippen LogP contribution in [0.5, 0.6) is 5.75 Å². The van der Waals surface area contributed by atoms with Crippen LogP contribution in [0.3, 0.4) is 0 Å². The third kappa shape index (κ3) is 4.47. The number of amides is 1. The van der Waals surface area contributed by atoms with Crippen LogP contribution in [0.2, 0.25) is 0 Å². The highest BCUT2D eigenvalue weighted by atomic mass is 16.5. The van der Waals surface area contributed by atoms with Gasteiger partial charge in [-0.3, -0.25) is 4.79 Å². The van der Waals surface area contributed by atoms with E-state index in [4.69, 9.17) is 4.74 Å². The molecule has 0 spiro atoms. The van der Waals surface area contributed by atoms with Gasteiger partial charge in [0.15, 0.2) is 6.10 Å². The Balaban J connectivity index is 1.53. The zero-order chi connectivity index (χ0) is 17.6. The van der Waals surface area contributed by atoms with E-state index in [0.717, 1.165) is 16.8 Å². The number of nitrogens with one attached hydrogen (secondary N) is 1. The van der Waals surface area contributed by atoms with Gasteiger partial charge >= 0.3 is 0 Å². The highest BCUT2D eigenvalue weighted by Gasteiger charge is 2.14. The molecule has 3 rings (SSSR count). The molecule has 1 N–H and O–H groups in total. The maximum atomic E-state index is 12.2. The van der Waals surface area contributed by atoms with Crippen LogP contribution in [0, 0.1) is 6.92 Å². The average Bonchev–Trinajstić information content (AvgIpc) is 3.14. The summed E-state index contributed by atoms with van der Waals surface area (Å²) in [5, 5.41) is 2.90. The molecule has 1 atom stereocenters. The number of aromatic nitrogens is 2. The monoisotopic (exact) mass is 335 g/mol. The first-order valence-electron chi connectivity index (χ1n) is 8.20. The van der Waals surface area contributed by atoms with Gasteiger partial charge in [-0.05, 0) is 49.2 Å². The molecule has 5 nitrogen and oxygen atoms in total. The molecule has 0 saturated carbocycles. The van der Waals surface area contributed by atoms with Crippen molar-refractivity contribution in [2.45, 2.75) is 26.5 Å². The van der Waals surface area contributed by atoms with E-state index in [2.05, 4.69) is 10.3 Å². The molecule has 3 aromatic rings. The van der Waals surface area contributed by atoms with Crippen LogP contribution in [0.4, 0.5) is 0 Å². The van der Waals surface area contributed by atoms with Gasteiger partial charge in [0.05, 0.1) is 6.33 Å². The van der Waals surface area contributed by atoms with Gasteiger partial charge in [0.25, 0.3) is 5.91 Å². The molecular formula is C20H21N3O2. The average molecular weight is 335 g/mol. The lowest BCUT2D eigenvalue weighted by atomic mass is 10.2. The Kier molecular flexibility index (Phi) is 5.14. The summed E-state index contributed by atoms with van der Waals surface area (Å²) in [5.41, 5.74) is 3.16. The van der Waals surface area contributed by atoms with Crippen molar-refractivity contribution in [3.8, 4) is 11.4 Å². The molecule has 128 valence electrons. The van der Waals surface area contributed by atoms with E-state index in [1.807, 2.05) is 66.2 Å². The van der Waals surface area contributed by atoms with E-state index in [0.29, 0.717) is 12.3 Å². The summed E-state index contributed by atoms with van der Waals surface area (Å²) in [4.78, 5) is 16.2. The Labute approximate surface area is 147 Å². The fourth-order valence-electron chi connectivity index (χ4n) is 2.48. The molecule has 0 unspecified atom stereocenters. The molecule has 0 fully saturated rings. The van der Waals surface area contributed by atoms with E-state index in [1.165, 1.54) is 0 Å². The zero-order valence-electron chi connectivity index (χ0n) is 14.3. The van der Waals surface area contributed by atoms with Crippen molar-refractivity contribution in [2.24, 2.45) is 0 Å². The summed E-state index contributed by atoms with van der Waals surface area (Å²) in [6.07, 6.45) is 4.83. The summed E-state index contributed by atoms with van der Waals surface area (Å²) >= 11 is 0. The van der Waals surface area contributed by atoms with Crippen molar-refractivity contribution in [3.63, 3.8) is 0 Å². The van der Waals surface area contributed by atoms with Crippen molar-refractivity contribution < 1.29 is 9.53 Å². The number of ether oxygens (including phenoxy) is 1. The third-order valence-corrected chi connectivity index (χ3v) is 3.88. The third-order valence-electron chi connectivity index (χ3n) is 3.88. The summed E-state index contributed by atoms with van der Waals surface area (Å²) in [6.45, 7) is 4.20. The van der Waals surface area contributed by atoms with E-state index in [9.17, 15) is 4.79 Å². The van der Waals surface area contributed by atoms with Crippen molar-refractivity contribution in [1.82, 2.24) is 14.9 Å². The molecule has 1 aromatic heterocycles. The van der Waals surface area contributed by atoms with E-state index < -0.39 is 6.10 Å². The first kappa shape index (κ1) is 16.8. The van der Waals surface area contributed by atoms with Gasteiger partial charge in [0, 0.05) is 24.6 Å². The molecule has 0 saturated heterocycles. The number of aryl methyl sites for hydroxylation is 1. The molecule has 25 heavy (non-hydrogen) atoms. The van der Waals surface area contributed by atoms with E-state index >= 15 is 0 Å². The van der Waals surface area contributed by atoms with E-state index in [1.54, 1.807) is 19.4 Å². The number of benzene rings is 2. The smallest absolute Gasteiger partial charge is 0.261 e. The lowest BCUT2D eigenvalue weighted by Gasteiger charge is -2.15. The molecule has 0 bridgehead atoms. The number of carbonyl (C=O) groups is 1. The fraction of sp³-hybridized carbons (Fsp3) is 0.200. The molecule has 0 radical (unpaired) electrons. The second-order valence-corrected chi connectivity index (χ2v) is 5.93. The maximum absolute atomic E-state index is 12.2. The van der Waals surface area contributed by atoms with Crippen LogP contribution >= 0.6 is 0 Å². The zero-order valence-corrected chi connectivity index (χ0v) is 14.3. The van der Waals surface area contributed by atoms with Crippen molar-refractivity contribution >= 4 is 5.91 Å². The van der Waals surface area contributed by atoms with Crippen LogP contribution < -0.4 is 10.1 Å². The molecule has 1 amide bonds. The number of hydrogen-bond donors (Lipinski definition) is 1. The summed E-state index contributed by atoms with van der Waals surface area (Å²) in [6, 6.07) is 15.6. The molecule has 0 aliphatic carbocycles. The highest BCUT2D eigenvalue weighted by Crippen LogP contribution is 2.14. The second-order valence-electron chi connectivity index (χ2n) is 5.93. The fourth-order valence-corrected chi connectivity index (χ4v) is 2.48. The Morgan fingerprint density at radius 1 is 1.24 bits per heavy atom. The normalized spacial score (nSPS) is 11.8. The molecular weight excluding hydrogens is 314 g/mol. The van der Waals surface area contributed by atoms with Gasteiger partial charge < -0.3 is 14.6 Å². The summed E-state index contributed by atoms with van der Waals surface area (Å²) in [7, 11) is 0. The molecule has 0 aliphatic rings. The number of nitrogens with zero attached hydrogens (tertiary/aromatic N) is 2. The Morgan fingerprint density at radius 2 is 2.04 bits per heavy atom. The van der Waals surface area contributed by atoms with Crippen LogP contribution in [0.25, 0.3) is 5.69 Å². The summed E-state index contributed by atoms with van der Waals surface area (Å²) in [5.74, 6) is 0.563. The van der Waals surface area contributed by atoms with Gasteiger partial charge in [-0.25, -0.2) is 4.98 Å². The quantitative estimate of drug-likeness (QED) is 0.752. The summed E-state index contributed by atoms with van der Waals surface area (Å²) < 4.78 is 7.62. The van der Waals surface area contributed by atoms with Gasteiger partial charge in [-0.1, -0.05) is 24.3 Å². The lowest BCUT2D eigenvalue weighted by molar-refractivity contribution is -0.127. The second kappa shape index (κ2) is 7.66. The predicted molar refractivity (Wildman–Crippen MR) is 96.7 cm³/mol. The number of carbonyl (C=O) groups excluding carboxylic acids is 1. The highest BCUT2D eigenvalue weighted by molar-refractivity contribution is 5.80. The van der Waals surface area contributed by atoms with Gasteiger partial charge in [0.2, 0.25) is 0 Å². The molecule has 5 heteroatoms. The Hall–Kier alpha value is -3.08. The predicted octanol–water partition coefficient (Wildman–Crippen LogP) is 3.26. The topological polar surface area (TPSA) is 56.1 Å². The maximum Gasteiger partial charge on any atom is 0.261 e. The number of imidazole rings is 1. The van der Waals surface area contributed by atoms with E-state index in [-0.39, 0.29) is 5.91 Å². The van der Waals surface area contributed by atoms with Gasteiger partial charge in [0.1, 0.15) is 5.75 Å². The minimum absolute atomic E-state index is 0.139.